The molecule has 0 aromatic heterocycles. The minimum absolute atomic E-state index is 0.00869. The number of nitrogens with one attached hydrogen (secondary N) is 1. The average molecular weight is 537 g/mol. The Balaban J connectivity index is 1.51. The first kappa shape index (κ1) is 25.6. The van der Waals surface area contributed by atoms with Crippen LogP contribution in [0.2, 0.25) is 0 Å². The fraction of sp³-hybridized carbons (Fsp3) is 0.273. The van der Waals surface area contributed by atoms with Gasteiger partial charge in [0, 0.05) is 5.56 Å². The molecule has 11 nitrogen and oxygen atoms in total. The minimum atomic E-state index is -3.70. The van der Waals surface area contributed by atoms with Crippen molar-refractivity contribution in [2.45, 2.75) is 24.3 Å². The van der Waals surface area contributed by atoms with Crippen molar-refractivity contribution in [3.8, 4) is 5.75 Å². The Labute approximate surface area is 209 Å². The summed E-state index contributed by atoms with van der Waals surface area (Å²) < 4.78 is 47.6. The first-order valence-electron chi connectivity index (χ1n) is 10.5. The van der Waals surface area contributed by atoms with Crippen molar-refractivity contribution in [3.63, 3.8) is 0 Å². The molecule has 2 aliphatic heterocycles. The Kier molecular flexibility index (Phi) is 7.02. The highest BCUT2D eigenvalue weighted by atomic mass is 32.2. The molecule has 2 aliphatic rings. The molecule has 0 saturated carbocycles. The van der Waals surface area contributed by atoms with Crippen molar-refractivity contribution in [1.29, 1.82) is 0 Å². The summed E-state index contributed by atoms with van der Waals surface area (Å²) in [5, 5.41) is 3.37. The summed E-state index contributed by atoms with van der Waals surface area (Å²) in [6.07, 6.45) is -0.676. The van der Waals surface area contributed by atoms with Crippen LogP contribution in [0, 0.1) is 5.82 Å². The Hall–Kier alpha value is -3.49. The van der Waals surface area contributed by atoms with E-state index in [2.05, 4.69) is 10.5 Å². The number of hydrogen-bond donors (Lipinski definition) is 2. The van der Waals surface area contributed by atoms with Gasteiger partial charge in [-0.3, -0.25) is 14.5 Å². The van der Waals surface area contributed by atoms with Gasteiger partial charge in [0.05, 0.1) is 18.5 Å². The molecule has 14 heteroatoms. The predicted octanol–water partition coefficient (Wildman–Crippen LogP) is 1.67. The standard InChI is InChI=1S/C22H21FN4O7S2/c1-11(28)18(24)17-10-27(22(30)33-17)13-5-8-15(16(23)9-13)21-26-25-20(29)19(35-21)12-3-6-14(7-4-12)34-36(2,31)32/h3-9,17-19H,10,24H2,1-2H3,(H,25,29)/t17?,18-,19?/m1/s1. The number of anilines is 1. The van der Waals surface area contributed by atoms with Gasteiger partial charge in [0.15, 0.2) is 0 Å². The number of hydrazone groups is 1. The lowest BCUT2D eigenvalue weighted by Crippen LogP contribution is -2.43. The van der Waals surface area contributed by atoms with Gasteiger partial charge >= 0.3 is 16.2 Å². The molecule has 3 N–H and O–H groups in total. The molecule has 190 valence electrons. The zero-order chi connectivity index (χ0) is 26.2. The van der Waals surface area contributed by atoms with E-state index in [9.17, 15) is 22.8 Å². The minimum Gasteiger partial charge on any atom is -0.442 e. The molecule has 0 aliphatic carbocycles. The smallest absolute Gasteiger partial charge is 0.414 e. The number of ketones is 1. The number of hydrogen-bond acceptors (Lipinski definition) is 10. The summed E-state index contributed by atoms with van der Waals surface area (Å²) in [5.74, 6) is -1.38. The normalized spacial score (nSPS) is 20.9. The molecule has 3 atom stereocenters. The summed E-state index contributed by atoms with van der Waals surface area (Å²) in [4.78, 5) is 37.3. The van der Waals surface area contributed by atoms with Crippen LogP contribution in [0.5, 0.6) is 5.75 Å². The van der Waals surface area contributed by atoms with E-state index in [4.69, 9.17) is 14.7 Å². The monoisotopic (exact) mass is 536 g/mol. The van der Waals surface area contributed by atoms with Crippen molar-refractivity contribution in [2.24, 2.45) is 10.8 Å². The highest BCUT2D eigenvalue weighted by Gasteiger charge is 2.38. The molecule has 4 rings (SSSR count). The number of amides is 2. The lowest BCUT2D eigenvalue weighted by atomic mass is 10.1. The summed E-state index contributed by atoms with van der Waals surface area (Å²) in [7, 11) is -3.70. The van der Waals surface area contributed by atoms with Crippen LogP contribution in [0.4, 0.5) is 14.9 Å². The molecule has 0 spiro atoms. The van der Waals surface area contributed by atoms with Crippen LogP contribution in [0.3, 0.4) is 0 Å². The predicted molar refractivity (Wildman–Crippen MR) is 130 cm³/mol. The number of halogens is 1. The molecule has 2 unspecified atom stereocenters. The number of rotatable bonds is 7. The summed E-state index contributed by atoms with van der Waals surface area (Å²) in [6, 6.07) is 8.93. The van der Waals surface area contributed by atoms with Crippen LogP contribution in [-0.4, -0.2) is 56.2 Å². The Bertz CT molecular complexity index is 1360. The second-order valence-electron chi connectivity index (χ2n) is 8.08. The number of nitrogens with two attached hydrogens (primary N) is 1. The van der Waals surface area contributed by atoms with Crippen LogP contribution < -0.4 is 20.2 Å². The quantitative estimate of drug-likeness (QED) is 0.502. The van der Waals surface area contributed by atoms with Gasteiger partial charge in [0.1, 0.15) is 39.8 Å². The number of Topliss-reactive ketones (excluding diaryl/α,β-unsaturated/α-hetero) is 1. The van der Waals surface area contributed by atoms with Crippen molar-refractivity contribution in [2.75, 3.05) is 17.7 Å². The summed E-state index contributed by atoms with van der Waals surface area (Å²) in [6.45, 7) is 1.28. The van der Waals surface area contributed by atoms with Crippen LogP contribution in [0.25, 0.3) is 0 Å². The topological polar surface area (TPSA) is 157 Å². The summed E-state index contributed by atoms with van der Waals surface area (Å²) in [5.41, 5.74) is 8.97. The molecule has 2 aromatic carbocycles. The van der Waals surface area contributed by atoms with Gasteiger partial charge < -0.3 is 14.7 Å². The van der Waals surface area contributed by atoms with Crippen LogP contribution in [-0.2, 0) is 24.4 Å². The molecular weight excluding hydrogens is 515 g/mol. The lowest BCUT2D eigenvalue weighted by molar-refractivity contribution is -0.121. The Morgan fingerprint density at radius 1 is 1.28 bits per heavy atom. The van der Waals surface area contributed by atoms with Gasteiger partial charge in [-0.2, -0.15) is 13.5 Å². The maximum Gasteiger partial charge on any atom is 0.414 e. The molecular formula is C22H21FN4O7S2. The van der Waals surface area contributed by atoms with Gasteiger partial charge in [-0.05, 0) is 42.8 Å². The third-order valence-corrected chi connectivity index (χ3v) is 7.12. The number of cyclic esters (lactones) is 1. The number of nitrogens with zero attached hydrogens (tertiary/aromatic N) is 2. The number of ether oxygens (including phenoxy) is 1. The van der Waals surface area contributed by atoms with Gasteiger partial charge in [0.2, 0.25) is 0 Å². The van der Waals surface area contributed by atoms with Crippen LogP contribution in [0.1, 0.15) is 23.3 Å². The lowest BCUT2D eigenvalue weighted by Gasteiger charge is -2.22. The molecule has 2 aromatic rings. The second kappa shape index (κ2) is 9.87. The van der Waals surface area contributed by atoms with Crippen molar-refractivity contribution in [3.05, 3.63) is 59.4 Å². The van der Waals surface area contributed by atoms with Gasteiger partial charge in [0.25, 0.3) is 5.91 Å². The molecule has 2 heterocycles. The van der Waals surface area contributed by atoms with E-state index in [1.165, 1.54) is 48.2 Å². The van der Waals surface area contributed by atoms with Crippen LogP contribution in [0.15, 0.2) is 47.6 Å². The molecule has 1 fully saturated rings. The van der Waals surface area contributed by atoms with Crippen molar-refractivity contribution >= 4 is 50.4 Å². The third-order valence-electron chi connectivity index (χ3n) is 5.37. The van der Waals surface area contributed by atoms with E-state index in [0.717, 1.165) is 24.1 Å². The van der Waals surface area contributed by atoms with E-state index in [-0.39, 0.29) is 34.4 Å². The molecule has 36 heavy (non-hydrogen) atoms. The van der Waals surface area contributed by atoms with Crippen molar-refractivity contribution in [1.82, 2.24) is 5.43 Å². The largest absolute Gasteiger partial charge is 0.442 e. The van der Waals surface area contributed by atoms with Gasteiger partial charge in [-0.25, -0.2) is 14.6 Å². The van der Waals surface area contributed by atoms with Crippen LogP contribution >= 0.6 is 11.8 Å². The number of carbonyl (C=O) groups excluding carboxylic acids is 3. The number of thioether (sulfide) groups is 1. The first-order valence-corrected chi connectivity index (χ1v) is 13.2. The zero-order valence-corrected chi connectivity index (χ0v) is 20.6. The Morgan fingerprint density at radius 2 is 1.97 bits per heavy atom. The van der Waals surface area contributed by atoms with E-state index in [1.807, 2.05) is 0 Å². The van der Waals surface area contributed by atoms with E-state index in [0.29, 0.717) is 5.56 Å². The number of benzene rings is 2. The average Bonchev–Trinajstić information content (AvgIpc) is 3.20. The van der Waals surface area contributed by atoms with E-state index < -0.39 is 45.3 Å². The highest BCUT2D eigenvalue weighted by Crippen LogP contribution is 2.37. The molecule has 0 radical (unpaired) electrons. The SMILES string of the molecule is CC(=O)[C@@H](N)C1CN(c2ccc(C3=NNC(=O)C(c4ccc(OS(C)(=O)=O)cc4)S3)c(F)c2)C(=O)O1. The highest BCUT2D eigenvalue weighted by molar-refractivity contribution is 8.15. The van der Waals surface area contributed by atoms with E-state index >= 15 is 4.39 Å². The molecule has 0 bridgehead atoms. The maximum atomic E-state index is 15.1. The maximum absolute atomic E-state index is 15.1. The second-order valence-corrected chi connectivity index (χ2v) is 10.7. The third kappa shape index (κ3) is 5.50. The zero-order valence-electron chi connectivity index (χ0n) is 19.0. The fourth-order valence-electron chi connectivity index (χ4n) is 3.56. The molecule has 1 saturated heterocycles. The van der Waals surface area contributed by atoms with E-state index in [1.54, 1.807) is 0 Å². The summed E-state index contributed by atoms with van der Waals surface area (Å²) >= 11 is 1.00. The Morgan fingerprint density at radius 3 is 2.58 bits per heavy atom. The molecule has 2 amide bonds. The number of carbonyl (C=O) groups is 3. The van der Waals surface area contributed by atoms with Gasteiger partial charge in [-0.1, -0.05) is 23.9 Å². The van der Waals surface area contributed by atoms with Crippen molar-refractivity contribution < 1.29 is 36.1 Å². The van der Waals surface area contributed by atoms with Gasteiger partial charge in [-0.15, -0.1) is 0 Å². The first-order chi connectivity index (χ1) is 16.9. The fourth-order valence-corrected chi connectivity index (χ4v) is 5.09.